The van der Waals surface area contributed by atoms with Crippen LogP contribution >= 0.6 is 0 Å². The topological polar surface area (TPSA) is 32.3 Å². The molecular formula is C17H26N2O. The van der Waals surface area contributed by atoms with E-state index in [1.165, 1.54) is 12.8 Å². The first-order valence-electron chi connectivity index (χ1n) is 7.72. The van der Waals surface area contributed by atoms with Crippen LogP contribution in [0.5, 0.6) is 0 Å². The third kappa shape index (κ3) is 2.82. The summed E-state index contributed by atoms with van der Waals surface area (Å²) in [4.78, 5) is 14.7. The number of para-hydroxylation sites is 1. The van der Waals surface area contributed by atoms with E-state index < -0.39 is 0 Å². The average molecular weight is 274 g/mol. The van der Waals surface area contributed by atoms with E-state index in [-0.39, 0.29) is 5.91 Å². The molecule has 110 valence electrons. The summed E-state index contributed by atoms with van der Waals surface area (Å²) in [6, 6.07) is 7.76. The number of nitrogens with zero attached hydrogens (tertiary/aromatic N) is 1. The van der Waals surface area contributed by atoms with Gasteiger partial charge in [0.2, 0.25) is 0 Å². The highest BCUT2D eigenvalue weighted by Gasteiger charge is 2.33. The summed E-state index contributed by atoms with van der Waals surface area (Å²) in [5, 5.41) is 3.11. The van der Waals surface area contributed by atoms with Crippen molar-refractivity contribution in [3.8, 4) is 0 Å². The van der Waals surface area contributed by atoms with Gasteiger partial charge in [0.05, 0.1) is 5.56 Å². The molecule has 2 rings (SSSR count). The normalized spacial score (nSPS) is 17.9. The van der Waals surface area contributed by atoms with Crippen LogP contribution in [0.1, 0.15) is 49.9 Å². The molecule has 0 unspecified atom stereocenters. The standard InChI is InChI=1S/C17H26N2O/c1-4-17(5-2)10-12-19(13-11-17)16(20)14-8-6-7-9-15(14)18-3/h6-9,18H,4-5,10-13H2,1-3H3. The van der Waals surface area contributed by atoms with Gasteiger partial charge in [0, 0.05) is 25.8 Å². The van der Waals surface area contributed by atoms with Gasteiger partial charge < -0.3 is 10.2 Å². The number of hydrogen-bond acceptors (Lipinski definition) is 2. The SMILES string of the molecule is CCC1(CC)CCN(C(=O)c2ccccc2NC)CC1. The van der Waals surface area contributed by atoms with Crippen molar-refractivity contribution >= 4 is 11.6 Å². The van der Waals surface area contributed by atoms with Crippen molar-refractivity contribution in [1.82, 2.24) is 4.90 Å². The molecule has 0 spiro atoms. The Labute approximate surface area is 122 Å². The molecule has 1 N–H and O–H groups in total. The Morgan fingerprint density at radius 3 is 2.35 bits per heavy atom. The van der Waals surface area contributed by atoms with Crippen molar-refractivity contribution in [3.05, 3.63) is 29.8 Å². The van der Waals surface area contributed by atoms with Crippen LogP contribution in [-0.4, -0.2) is 30.9 Å². The molecule has 1 saturated heterocycles. The highest BCUT2D eigenvalue weighted by atomic mass is 16.2. The van der Waals surface area contributed by atoms with E-state index in [0.717, 1.165) is 37.2 Å². The number of amides is 1. The zero-order chi connectivity index (χ0) is 14.6. The lowest BCUT2D eigenvalue weighted by molar-refractivity contribution is 0.0558. The summed E-state index contributed by atoms with van der Waals surface area (Å²) in [7, 11) is 1.86. The Kier molecular flexibility index (Phi) is 4.69. The van der Waals surface area contributed by atoms with Gasteiger partial charge in [-0.3, -0.25) is 4.79 Å². The van der Waals surface area contributed by atoms with E-state index in [9.17, 15) is 4.79 Å². The highest BCUT2D eigenvalue weighted by molar-refractivity contribution is 5.99. The van der Waals surface area contributed by atoms with Crippen molar-refractivity contribution < 1.29 is 4.79 Å². The summed E-state index contributed by atoms with van der Waals surface area (Å²) in [6.45, 7) is 6.33. The second-order valence-corrected chi connectivity index (χ2v) is 5.79. The van der Waals surface area contributed by atoms with Crippen molar-refractivity contribution in [3.63, 3.8) is 0 Å². The summed E-state index contributed by atoms with van der Waals surface area (Å²) in [5.74, 6) is 0.163. The lowest BCUT2D eigenvalue weighted by Crippen LogP contribution is -2.43. The first kappa shape index (κ1) is 14.9. The minimum absolute atomic E-state index is 0.163. The van der Waals surface area contributed by atoms with E-state index in [1.54, 1.807) is 0 Å². The highest BCUT2D eigenvalue weighted by Crippen LogP contribution is 2.38. The Hall–Kier alpha value is -1.51. The minimum Gasteiger partial charge on any atom is -0.387 e. The number of hydrogen-bond donors (Lipinski definition) is 1. The van der Waals surface area contributed by atoms with Crippen molar-refractivity contribution in [2.24, 2.45) is 5.41 Å². The Bertz CT molecular complexity index is 456. The quantitative estimate of drug-likeness (QED) is 0.906. The zero-order valence-corrected chi connectivity index (χ0v) is 12.9. The molecule has 3 heteroatoms. The van der Waals surface area contributed by atoms with E-state index >= 15 is 0 Å². The fourth-order valence-electron chi connectivity index (χ4n) is 3.20. The third-order valence-electron chi connectivity index (χ3n) is 5.04. The largest absolute Gasteiger partial charge is 0.387 e. The maximum atomic E-state index is 12.7. The molecule has 1 fully saturated rings. The number of carbonyl (C=O) groups is 1. The molecule has 1 aromatic carbocycles. The van der Waals surface area contributed by atoms with Crippen LogP contribution in [-0.2, 0) is 0 Å². The molecule has 0 saturated carbocycles. The summed E-state index contributed by atoms with van der Waals surface area (Å²) in [6.07, 6.45) is 4.71. The van der Waals surface area contributed by atoms with Crippen LogP contribution in [0.25, 0.3) is 0 Å². The Morgan fingerprint density at radius 1 is 1.20 bits per heavy atom. The molecule has 1 amide bonds. The average Bonchev–Trinajstić information content (AvgIpc) is 2.54. The van der Waals surface area contributed by atoms with Gasteiger partial charge in [-0.1, -0.05) is 38.8 Å². The smallest absolute Gasteiger partial charge is 0.255 e. The number of piperidine rings is 1. The number of nitrogens with one attached hydrogen (secondary N) is 1. The van der Waals surface area contributed by atoms with Crippen molar-refractivity contribution in [2.75, 3.05) is 25.5 Å². The maximum absolute atomic E-state index is 12.7. The lowest BCUT2D eigenvalue weighted by Gasteiger charge is -2.41. The van der Waals surface area contributed by atoms with Crippen LogP contribution in [0, 0.1) is 5.41 Å². The molecule has 1 heterocycles. The van der Waals surface area contributed by atoms with E-state index in [4.69, 9.17) is 0 Å². The molecular weight excluding hydrogens is 248 g/mol. The monoisotopic (exact) mass is 274 g/mol. The Morgan fingerprint density at radius 2 is 1.80 bits per heavy atom. The van der Waals surface area contributed by atoms with Crippen LogP contribution in [0.3, 0.4) is 0 Å². The molecule has 3 nitrogen and oxygen atoms in total. The van der Waals surface area contributed by atoms with Crippen LogP contribution in [0.2, 0.25) is 0 Å². The second kappa shape index (κ2) is 6.29. The maximum Gasteiger partial charge on any atom is 0.255 e. The van der Waals surface area contributed by atoms with Gasteiger partial charge in [-0.05, 0) is 30.4 Å². The number of rotatable bonds is 4. The number of benzene rings is 1. The fourth-order valence-corrected chi connectivity index (χ4v) is 3.20. The first-order chi connectivity index (χ1) is 9.65. The molecule has 0 radical (unpaired) electrons. The molecule has 1 aliphatic rings. The molecule has 0 bridgehead atoms. The molecule has 0 atom stereocenters. The van der Waals surface area contributed by atoms with E-state index in [1.807, 2.05) is 36.2 Å². The minimum atomic E-state index is 0.163. The number of likely N-dealkylation sites (tertiary alicyclic amines) is 1. The van der Waals surface area contributed by atoms with Gasteiger partial charge in [-0.25, -0.2) is 0 Å². The summed E-state index contributed by atoms with van der Waals surface area (Å²) >= 11 is 0. The van der Waals surface area contributed by atoms with Gasteiger partial charge >= 0.3 is 0 Å². The predicted molar refractivity (Wildman–Crippen MR) is 84.1 cm³/mol. The molecule has 1 aromatic rings. The third-order valence-corrected chi connectivity index (χ3v) is 5.04. The predicted octanol–water partition coefficient (Wildman–Crippen LogP) is 3.77. The number of anilines is 1. The molecule has 0 aromatic heterocycles. The van der Waals surface area contributed by atoms with Gasteiger partial charge in [-0.2, -0.15) is 0 Å². The zero-order valence-electron chi connectivity index (χ0n) is 12.9. The van der Waals surface area contributed by atoms with E-state index in [0.29, 0.717) is 5.41 Å². The molecule has 1 aliphatic heterocycles. The van der Waals surface area contributed by atoms with Gasteiger partial charge in [0.1, 0.15) is 0 Å². The second-order valence-electron chi connectivity index (χ2n) is 5.79. The number of carbonyl (C=O) groups excluding carboxylic acids is 1. The Balaban J connectivity index is 2.09. The lowest BCUT2D eigenvalue weighted by atomic mass is 9.74. The summed E-state index contributed by atoms with van der Waals surface area (Å²) in [5.41, 5.74) is 2.16. The van der Waals surface area contributed by atoms with Gasteiger partial charge in [0.25, 0.3) is 5.91 Å². The van der Waals surface area contributed by atoms with Crippen molar-refractivity contribution in [2.45, 2.75) is 39.5 Å². The molecule has 20 heavy (non-hydrogen) atoms. The van der Waals surface area contributed by atoms with E-state index in [2.05, 4.69) is 19.2 Å². The van der Waals surface area contributed by atoms with Crippen molar-refractivity contribution in [1.29, 1.82) is 0 Å². The fraction of sp³-hybridized carbons (Fsp3) is 0.588. The van der Waals surface area contributed by atoms with Gasteiger partial charge in [-0.15, -0.1) is 0 Å². The first-order valence-corrected chi connectivity index (χ1v) is 7.72. The molecule has 0 aliphatic carbocycles. The van der Waals surface area contributed by atoms with Crippen LogP contribution in [0.4, 0.5) is 5.69 Å². The van der Waals surface area contributed by atoms with Crippen LogP contribution < -0.4 is 5.32 Å². The van der Waals surface area contributed by atoms with Crippen LogP contribution in [0.15, 0.2) is 24.3 Å². The summed E-state index contributed by atoms with van der Waals surface area (Å²) < 4.78 is 0. The van der Waals surface area contributed by atoms with Gasteiger partial charge in [0.15, 0.2) is 0 Å².